The zero-order valence-corrected chi connectivity index (χ0v) is 11.6. The Balaban J connectivity index is 1.83. The maximum Gasteiger partial charge on any atom is 0.229 e. The van der Waals surface area contributed by atoms with Gasteiger partial charge in [-0.15, -0.1) is 0 Å². The van der Waals surface area contributed by atoms with Gasteiger partial charge in [-0.1, -0.05) is 0 Å². The van der Waals surface area contributed by atoms with Gasteiger partial charge >= 0.3 is 0 Å². The van der Waals surface area contributed by atoms with Gasteiger partial charge in [0.25, 0.3) is 0 Å². The Labute approximate surface area is 118 Å². The third-order valence-electron chi connectivity index (χ3n) is 3.44. The molecule has 0 atom stereocenters. The molecule has 104 valence electrons. The van der Waals surface area contributed by atoms with Crippen LogP contribution in [0.2, 0.25) is 0 Å². The third kappa shape index (κ3) is 2.82. The number of rotatable bonds is 3. The molecule has 0 aliphatic carbocycles. The molecule has 2 heterocycles. The van der Waals surface area contributed by atoms with E-state index in [4.69, 9.17) is 5.73 Å². The van der Waals surface area contributed by atoms with E-state index in [1.165, 1.54) is 12.8 Å². The van der Waals surface area contributed by atoms with E-state index in [-0.39, 0.29) is 0 Å². The Kier molecular flexibility index (Phi) is 3.41. The number of aromatic nitrogens is 2. The van der Waals surface area contributed by atoms with Crippen molar-refractivity contribution in [1.29, 1.82) is 0 Å². The van der Waals surface area contributed by atoms with Crippen LogP contribution in [0.5, 0.6) is 0 Å². The molecule has 1 fully saturated rings. The number of hydrogen-bond acceptors (Lipinski definition) is 5. The van der Waals surface area contributed by atoms with E-state index in [0.29, 0.717) is 5.95 Å². The monoisotopic (exact) mass is 269 g/mol. The predicted molar refractivity (Wildman–Crippen MR) is 82.4 cm³/mol. The fourth-order valence-corrected chi connectivity index (χ4v) is 2.41. The highest BCUT2D eigenvalue weighted by molar-refractivity contribution is 5.58. The molecule has 3 rings (SSSR count). The zero-order valence-electron chi connectivity index (χ0n) is 11.6. The highest BCUT2D eigenvalue weighted by atomic mass is 15.2. The van der Waals surface area contributed by atoms with Crippen LogP contribution in [0.15, 0.2) is 30.3 Å². The molecule has 2 aromatic rings. The summed E-state index contributed by atoms with van der Waals surface area (Å²) in [5.74, 6) is 1.64. The van der Waals surface area contributed by atoms with Crippen LogP contribution in [0.25, 0.3) is 0 Å². The fourth-order valence-electron chi connectivity index (χ4n) is 2.41. The summed E-state index contributed by atoms with van der Waals surface area (Å²) in [6, 6.07) is 9.62. The quantitative estimate of drug-likeness (QED) is 0.839. The minimum atomic E-state index is 0.636. The van der Waals surface area contributed by atoms with Crippen molar-refractivity contribution in [3.8, 4) is 0 Å². The number of aryl methyl sites for hydroxylation is 1. The van der Waals surface area contributed by atoms with Gasteiger partial charge in [-0.2, -0.15) is 4.98 Å². The van der Waals surface area contributed by atoms with Crippen molar-refractivity contribution in [2.24, 2.45) is 0 Å². The largest absolute Gasteiger partial charge is 0.399 e. The van der Waals surface area contributed by atoms with Gasteiger partial charge in [-0.3, -0.25) is 0 Å². The summed E-state index contributed by atoms with van der Waals surface area (Å²) in [6.45, 7) is 4.16. The van der Waals surface area contributed by atoms with Crippen molar-refractivity contribution < 1.29 is 0 Å². The summed E-state index contributed by atoms with van der Waals surface area (Å²) >= 11 is 0. The summed E-state index contributed by atoms with van der Waals surface area (Å²) in [6.07, 6.45) is 2.48. The van der Waals surface area contributed by atoms with Gasteiger partial charge < -0.3 is 16.0 Å². The third-order valence-corrected chi connectivity index (χ3v) is 3.44. The Bertz CT molecular complexity index is 588. The molecule has 20 heavy (non-hydrogen) atoms. The van der Waals surface area contributed by atoms with Crippen LogP contribution in [0, 0.1) is 6.92 Å². The lowest BCUT2D eigenvalue weighted by Crippen LogP contribution is -2.19. The second-order valence-corrected chi connectivity index (χ2v) is 5.13. The number of nitrogen functional groups attached to an aromatic ring is 1. The summed E-state index contributed by atoms with van der Waals surface area (Å²) < 4.78 is 0. The molecule has 0 unspecified atom stereocenters. The molecule has 1 aliphatic rings. The summed E-state index contributed by atoms with van der Waals surface area (Å²) in [5.41, 5.74) is 8.35. The van der Waals surface area contributed by atoms with E-state index >= 15 is 0 Å². The van der Waals surface area contributed by atoms with E-state index in [2.05, 4.69) is 20.2 Å². The smallest absolute Gasteiger partial charge is 0.229 e. The summed E-state index contributed by atoms with van der Waals surface area (Å²) in [4.78, 5) is 11.4. The van der Waals surface area contributed by atoms with Crippen molar-refractivity contribution in [1.82, 2.24) is 9.97 Å². The first kappa shape index (κ1) is 12.7. The van der Waals surface area contributed by atoms with Crippen LogP contribution in [0.1, 0.15) is 18.5 Å². The van der Waals surface area contributed by atoms with E-state index in [0.717, 1.165) is 36.0 Å². The Morgan fingerprint density at radius 2 is 1.80 bits per heavy atom. The van der Waals surface area contributed by atoms with Gasteiger partial charge in [0.05, 0.1) is 0 Å². The van der Waals surface area contributed by atoms with Crippen LogP contribution in [-0.4, -0.2) is 23.1 Å². The SMILES string of the molecule is Cc1cc(N2CCCC2)nc(Nc2ccc(N)cc2)n1. The van der Waals surface area contributed by atoms with Crippen molar-refractivity contribution >= 4 is 23.1 Å². The lowest BCUT2D eigenvalue weighted by molar-refractivity contribution is 0.923. The van der Waals surface area contributed by atoms with Crippen LogP contribution < -0.4 is 16.0 Å². The first-order valence-electron chi connectivity index (χ1n) is 6.94. The molecule has 3 N–H and O–H groups in total. The lowest BCUT2D eigenvalue weighted by atomic mass is 10.3. The number of hydrogen-bond donors (Lipinski definition) is 2. The van der Waals surface area contributed by atoms with Crippen LogP contribution in [0.3, 0.4) is 0 Å². The summed E-state index contributed by atoms with van der Waals surface area (Å²) in [7, 11) is 0. The second kappa shape index (κ2) is 5.36. The molecule has 1 aromatic heterocycles. The standard InChI is InChI=1S/C15H19N5/c1-11-10-14(20-8-2-3-9-20)19-15(17-11)18-13-6-4-12(16)5-7-13/h4-7,10H,2-3,8-9,16H2,1H3,(H,17,18,19). The Morgan fingerprint density at radius 3 is 2.50 bits per heavy atom. The minimum Gasteiger partial charge on any atom is -0.399 e. The van der Waals surface area contributed by atoms with Crippen LogP contribution in [0.4, 0.5) is 23.1 Å². The predicted octanol–water partition coefficient (Wildman–Crippen LogP) is 2.71. The molecule has 0 amide bonds. The van der Waals surface area contributed by atoms with Gasteiger partial charge in [-0.05, 0) is 44.0 Å². The molecule has 1 aliphatic heterocycles. The number of nitrogens with zero attached hydrogens (tertiary/aromatic N) is 3. The number of anilines is 4. The number of benzene rings is 1. The molecule has 5 heteroatoms. The first-order chi connectivity index (χ1) is 9.70. The topological polar surface area (TPSA) is 67.1 Å². The van der Waals surface area contributed by atoms with Crippen molar-refractivity contribution in [2.75, 3.05) is 29.0 Å². The maximum atomic E-state index is 5.69. The van der Waals surface area contributed by atoms with Gasteiger partial charge in [0.2, 0.25) is 5.95 Å². The van der Waals surface area contributed by atoms with Crippen molar-refractivity contribution in [2.45, 2.75) is 19.8 Å². The average Bonchev–Trinajstić information content (AvgIpc) is 2.95. The summed E-state index contributed by atoms with van der Waals surface area (Å²) in [5, 5.41) is 3.23. The second-order valence-electron chi connectivity index (χ2n) is 5.13. The molecule has 1 aromatic carbocycles. The molecular weight excluding hydrogens is 250 g/mol. The van der Waals surface area contributed by atoms with Crippen molar-refractivity contribution in [3.63, 3.8) is 0 Å². The van der Waals surface area contributed by atoms with Crippen molar-refractivity contribution in [3.05, 3.63) is 36.0 Å². The fraction of sp³-hybridized carbons (Fsp3) is 0.333. The van der Waals surface area contributed by atoms with E-state index in [1.54, 1.807) is 0 Å². The lowest BCUT2D eigenvalue weighted by Gasteiger charge is -2.17. The highest BCUT2D eigenvalue weighted by Gasteiger charge is 2.15. The van der Waals surface area contributed by atoms with Gasteiger partial charge in [-0.25, -0.2) is 4.98 Å². The molecule has 0 saturated carbocycles. The van der Waals surface area contributed by atoms with E-state index in [9.17, 15) is 0 Å². The zero-order chi connectivity index (χ0) is 13.9. The van der Waals surface area contributed by atoms with E-state index < -0.39 is 0 Å². The van der Waals surface area contributed by atoms with Crippen LogP contribution in [-0.2, 0) is 0 Å². The Hall–Kier alpha value is -2.30. The highest BCUT2D eigenvalue weighted by Crippen LogP contribution is 2.21. The molecular formula is C15H19N5. The molecule has 0 spiro atoms. The normalized spacial score (nSPS) is 14.6. The maximum absolute atomic E-state index is 5.69. The molecule has 1 saturated heterocycles. The Morgan fingerprint density at radius 1 is 1.10 bits per heavy atom. The van der Waals surface area contributed by atoms with Gasteiger partial charge in [0.1, 0.15) is 5.82 Å². The molecule has 0 radical (unpaired) electrons. The van der Waals surface area contributed by atoms with Gasteiger partial charge in [0, 0.05) is 36.2 Å². The first-order valence-corrected chi connectivity index (χ1v) is 6.94. The minimum absolute atomic E-state index is 0.636. The molecule has 0 bridgehead atoms. The number of nitrogens with one attached hydrogen (secondary N) is 1. The average molecular weight is 269 g/mol. The van der Waals surface area contributed by atoms with Crippen LogP contribution >= 0.6 is 0 Å². The molecule has 5 nitrogen and oxygen atoms in total. The van der Waals surface area contributed by atoms with E-state index in [1.807, 2.05) is 37.3 Å². The van der Waals surface area contributed by atoms with Gasteiger partial charge in [0.15, 0.2) is 0 Å². The number of nitrogens with two attached hydrogens (primary N) is 1.